The average Bonchev–Trinajstić information content (AvgIpc) is 3.18. The van der Waals surface area contributed by atoms with Crippen LogP contribution in [0.25, 0.3) is 11.3 Å². The second kappa shape index (κ2) is 9.64. The molecule has 2 aliphatic heterocycles. The number of ether oxygens (including phenoxy) is 1. The van der Waals surface area contributed by atoms with E-state index < -0.39 is 0 Å². The number of pyridine rings is 1. The number of nitrogens with zero attached hydrogens (tertiary/aromatic N) is 4. The number of hydrogen-bond acceptors (Lipinski definition) is 8. The maximum absolute atomic E-state index is 5.45. The lowest BCUT2D eigenvalue weighted by Crippen LogP contribution is -2.41. The van der Waals surface area contributed by atoms with Gasteiger partial charge in [0.05, 0.1) is 35.9 Å². The first-order valence-electron chi connectivity index (χ1n) is 11.4. The minimum Gasteiger partial charge on any atom is -0.379 e. The first-order valence-corrected chi connectivity index (χ1v) is 11.4. The van der Waals surface area contributed by atoms with Gasteiger partial charge in [-0.2, -0.15) is 0 Å². The minimum atomic E-state index is 0.724. The number of morpholine rings is 1. The fourth-order valence-electron chi connectivity index (χ4n) is 4.31. The SMILES string of the molecule is Cc1noc(C)c1-c1ccc2c(n1)N(Cc1ccccc1)C=C(NCCN1CCOCC1)N2. The Labute approximate surface area is 194 Å². The molecule has 3 aromatic rings. The molecule has 1 aromatic carbocycles. The van der Waals surface area contributed by atoms with Crippen molar-refractivity contribution in [2.75, 3.05) is 49.6 Å². The van der Waals surface area contributed by atoms with E-state index in [0.717, 1.165) is 86.0 Å². The zero-order chi connectivity index (χ0) is 22.6. The standard InChI is InChI=1S/C25H30N6O2/c1-18-24(19(2)33-29-18)21-8-9-22-25(28-21)31(16-20-6-4-3-5-7-20)17-23(27-22)26-10-11-30-12-14-32-15-13-30/h3-9,17,26-27H,10-16H2,1-2H3. The summed E-state index contributed by atoms with van der Waals surface area (Å²) in [5, 5.41) is 11.2. The summed E-state index contributed by atoms with van der Waals surface area (Å²) in [5.74, 6) is 2.63. The zero-order valence-corrected chi connectivity index (χ0v) is 19.2. The van der Waals surface area contributed by atoms with Crippen LogP contribution in [0.2, 0.25) is 0 Å². The van der Waals surface area contributed by atoms with Gasteiger partial charge in [0, 0.05) is 38.9 Å². The van der Waals surface area contributed by atoms with Crippen LogP contribution in [0.3, 0.4) is 0 Å². The molecule has 172 valence electrons. The van der Waals surface area contributed by atoms with Crippen LogP contribution in [0.15, 0.2) is 59.0 Å². The van der Waals surface area contributed by atoms with E-state index in [-0.39, 0.29) is 0 Å². The summed E-state index contributed by atoms with van der Waals surface area (Å²) in [5.41, 5.74) is 4.86. The Bertz CT molecular complexity index is 1100. The van der Waals surface area contributed by atoms with Gasteiger partial charge in [-0.05, 0) is 31.5 Å². The van der Waals surface area contributed by atoms with Gasteiger partial charge < -0.3 is 24.8 Å². The molecule has 8 heteroatoms. The Morgan fingerprint density at radius 2 is 1.88 bits per heavy atom. The fraction of sp³-hybridized carbons (Fsp3) is 0.360. The Morgan fingerprint density at radius 1 is 1.06 bits per heavy atom. The summed E-state index contributed by atoms with van der Waals surface area (Å²) in [6, 6.07) is 14.6. The van der Waals surface area contributed by atoms with Gasteiger partial charge in [0.15, 0.2) is 5.82 Å². The number of nitrogens with one attached hydrogen (secondary N) is 2. The number of anilines is 2. The molecule has 0 unspecified atom stereocenters. The number of aromatic nitrogens is 2. The van der Waals surface area contributed by atoms with Crippen molar-refractivity contribution in [3.63, 3.8) is 0 Å². The smallest absolute Gasteiger partial charge is 0.157 e. The van der Waals surface area contributed by atoms with Crippen molar-refractivity contribution in [2.45, 2.75) is 20.4 Å². The molecular weight excluding hydrogens is 416 g/mol. The van der Waals surface area contributed by atoms with Gasteiger partial charge in [-0.15, -0.1) is 0 Å². The second-order valence-corrected chi connectivity index (χ2v) is 8.43. The van der Waals surface area contributed by atoms with Crippen molar-refractivity contribution in [3.8, 4) is 11.3 Å². The lowest BCUT2D eigenvalue weighted by molar-refractivity contribution is 0.0387. The first-order chi connectivity index (χ1) is 16.2. The monoisotopic (exact) mass is 446 g/mol. The summed E-state index contributed by atoms with van der Waals surface area (Å²) in [6.45, 7) is 10.1. The Kier molecular flexibility index (Phi) is 6.28. The maximum Gasteiger partial charge on any atom is 0.157 e. The van der Waals surface area contributed by atoms with E-state index in [1.807, 2.05) is 26.0 Å². The molecule has 1 saturated heterocycles. The summed E-state index contributed by atoms with van der Waals surface area (Å²) < 4.78 is 10.8. The molecule has 2 aromatic heterocycles. The first kappa shape index (κ1) is 21.5. The van der Waals surface area contributed by atoms with Crippen LogP contribution in [-0.4, -0.2) is 54.4 Å². The van der Waals surface area contributed by atoms with Crippen molar-refractivity contribution in [1.29, 1.82) is 0 Å². The molecule has 4 heterocycles. The third kappa shape index (κ3) is 4.86. The van der Waals surface area contributed by atoms with Gasteiger partial charge in [-0.25, -0.2) is 4.98 Å². The second-order valence-electron chi connectivity index (χ2n) is 8.43. The molecule has 0 atom stereocenters. The molecule has 5 rings (SSSR count). The van der Waals surface area contributed by atoms with Crippen LogP contribution in [0, 0.1) is 13.8 Å². The highest BCUT2D eigenvalue weighted by Gasteiger charge is 2.22. The average molecular weight is 447 g/mol. The fourth-order valence-corrected chi connectivity index (χ4v) is 4.31. The van der Waals surface area contributed by atoms with Crippen molar-refractivity contribution in [1.82, 2.24) is 20.4 Å². The lowest BCUT2D eigenvalue weighted by atomic mass is 10.1. The third-order valence-electron chi connectivity index (χ3n) is 6.03. The van der Waals surface area contributed by atoms with Crippen molar-refractivity contribution < 1.29 is 9.26 Å². The van der Waals surface area contributed by atoms with E-state index in [0.29, 0.717) is 0 Å². The van der Waals surface area contributed by atoms with Gasteiger partial charge in [-0.1, -0.05) is 35.5 Å². The van der Waals surface area contributed by atoms with Crippen LogP contribution < -0.4 is 15.5 Å². The summed E-state index contributed by atoms with van der Waals surface area (Å²) >= 11 is 0. The van der Waals surface area contributed by atoms with Crippen LogP contribution in [0.4, 0.5) is 11.5 Å². The quantitative estimate of drug-likeness (QED) is 0.571. The minimum absolute atomic E-state index is 0.724. The Morgan fingerprint density at radius 3 is 2.64 bits per heavy atom. The van der Waals surface area contributed by atoms with Gasteiger partial charge >= 0.3 is 0 Å². The maximum atomic E-state index is 5.45. The van der Waals surface area contributed by atoms with E-state index in [1.54, 1.807) is 0 Å². The van der Waals surface area contributed by atoms with E-state index in [1.165, 1.54) is 5.56 Å². The highest BCUT2D eigenvalue weighted by Crippen LogP contribution is 2.34. The van der Waals surface area contributed by atoms with E-state index in [2.05, 4.69) is 62.1 Å². The van der Waals surface area contributed by atoms with E-state index >= 15 is 0 Å². The van der Waals surface area contributed by atoms with Crippen molar-refractivity contribution in [2.24, 2.45) is 0 Å². The molecule has 0 amide bonds. The van der Waals surface area contributed by atoms with Crippen molar-refractivity contribution in [3.05, 3.63) is 71.5 Å². The molecule has 0 spiro atoms. The van der Waals surface area contributed by atoms with Gasteiger partial charge in [0.2, 0.25) is 0 Å². The van der Waals surface area contributed by atoms with Gasteiger partial charge in [0.25, 0.3) is 0 Å². The Balaban J connectivity index is 1.39. The van der Waals surface area contributed by atoms with Crippen LogP contribution in [0.5, 0.6) is 0 Å². The molecule has 1 fully saturated rings. The third-order valence-corrected chi connectivity index (χ3v) is 6.03. The lowest BCUT2D eigenvalue weighted by Gasteiger charge is -2.31. The number of hydrogen-bond donors (Lipinski definition) is 2. The largest absolute Gasteiger partial charge is 0.379 e. The number of fused-ring (bicyclic) bond motifs is 1. The normalized spacial score (nSPS) is 16.2. The molecule has 2 N–H and O–H groups in total. The molecular formula is C25H30N6O2. The predicted molar refractivity (Wildman–Crippen MR) is 129 cm³/mol. The molecule has 0 saturated carbocycles. The summed E-state index contributed by atoms with van der Waals surface area (Å²) in [6.07, 6.45) is 2.11. The number of aryl methyl sites for hydroxylation is 2. The predicted octanol–water partition coefficient (Wildman–Crippen LogP) is 3.51. The molecule has 8 nitrogen and oxygen atoms in total. The highest BCUT2D eigenvalue weighted by molar-refractivity contribution is 5.77. The van der Waals surface area contributed by atoms with Gasteiger partial charge in [-0.3, -0.25) is 4.90 Å². The van der Waals surface area contributed by atoms with E-state index in [4.69, 9.17) is 14.2 Å². The van der Waals surface area contributed by atoms with E-state index in [9.17, 15) is 0 Å². The summed E-state index contributed by atoms with van der Waals surface area (Å²) in [7, 11) is 0. The van der Waals surface area contributed by atoms with Crippen molar-refractivity contribution >= 4 is 11.5 Å². The van der Waals surface area contributed by atoms with Gasteiger partial charge in [0.1, 0.15) is 11.6 Å². The number of rotatable bonds is 7. The zero-order valence-electron chi connectivity index (χ0n) is 19.2. The topological polar surface area (TPSA) is 78.7 Å². The molecule has 0 radical (unpaired) electrons. The van der Waals surface area contributed by atoms with Crippen LogP contribution in [-0.2, 0) is 11.3 Å². The Hall–Kier alpha value is -3.36. The molecule has 0 bridgehead atoms. The van der Waals surface area contributed by atoms with Crippen LogP contribution in [0.1, 0.15) is 17.0 Å². The molecule has 33 heavy (non-hydrogen) atoms. The molecule has 2 aliphatic rings. The van der Waals surface area contributed by atoms with Crippen LogP contribution >= 0.6 is 0 Å². The highest BCUT2D eigenvalue weighted by atomic mass is 16.5. The number of benzene rings is 1. The molecule has 0 aliphatic carbocycles. The summed E-state index contributed by atoms with van der Waals surface area (Å²) in [4.78, 5) is 9.63.